The molecule has 0 spiro atoms. The lowest BCUT2D eigenvalue weighted by molar-refractivity contribution is -0.113. The Morgan fingerprint density at radius 2 is 1.96 bits per heavy atom. The van der Waals surface area contributed by atoms with Gasteiger partial charge in [0.2, 0.25) is 5.91 Å². The van der Waals surface area contributed by atoms with E-state index in [9.17, 15) is 4.79 Å². The highest BCUT2D eigenvalue weighted by Gasteiger charge is 2.14. The highest BCUT2D eigenvalue weighted by Crippen LogP contribution is 2.22. The van der Waals surface area contributed by atoms with Gasteiger partial charge in [-0.1, -0.05) is 23.4 Å². The number of carbonyl (C=O) groups is 1. The molecule has 1 aromatic carbocycles. The molecule has 1 aliphatic rings. The Bertz CT molecular complexity index is 674. The minimum atomic E-state index is -0.0707. The molecule has 2 heterocycles. The number of halogens is 1. The maximum absolute atomic E-state index is 12.0. The van der Waals surface area contributed by atoms with Crippen LogP contribution in [-0.4, -0.2) is 34.7 Å². The molecule has 120 valence electrons. The number of benzene rings is 1. The maximum atomic E-state index is 12.0. The molecule has 1 N–H and O–H groups in total. The number of anilines is 2. The van der Waals surface area contributed by atoms with Gasteiger partial charge in [0.05, 0.1) is 5.75 Å². The highest BCUT2D eigenvalue weighted by atomic mass is 35.5. The van der Waals surface area contributed by atoms with Crippen LogP contribution in [0.3, 0.4) is 0 Å². The molecule has 0 saturated carbocycles. The molecular weight excluding hydrogens is 332 g/mol. The molecule has 0 atom stereocenters. The van der Waals surface area contributed by atoms with Crippen molar-refractivity contribution < 1.29 is 4.79 Å². The second-order valence-corrected chi connectivity index (χ2v) is 6.68. The summed E-state index contributed by atoms with van der Waals surface area (Å²) in [5, 5.41) is 4.30. The Morgan fingerprint density at radius 3 is 2.70 bits per heavy atom. The zero-order valence-corrected chi connectivity index (χ0v) is 14.1. The minimum Gasteiger partial charge on any atom is -0.356 e. The van der Waals surface area contributed by atoms with E-state index in [1.807, 2.05) is 6.07 Å². The number of hydrogen-bond acceptors (Lipinski definition) is 5. The van der Waals surface area contributed by atoms with Gasteiger partial charge in [0.25, 0.3) is 0 Å². The number of nitrogens with zero attached hydrogens (tertiary/aromatic N) is 3. The molecule has 0 aliphatic carbocycles. The number of hydrogen-bond donors (Lipinski definition) is 1. The van der Waals surface area contributed by atoms with Crippen LogP contribution in [-0.2, 0) is 4.79 Å². The first-order valence-corrected chi connectivity index (χ1v) is 8.82. The summed E-state index contributed by atoms with van der Waals surface area (Å²) in [7, 11) is 0. The number of aromatic nitrogens is 2. The van der Waals surface area contributed by atoms with Crippen molar-refractivity contribution in [2.75, 3.05) is 29.1 Å². The maximum Gasteiger partial charge on any atom is 0.234 e. The highest BCUT2D eigenvalue weighted by molar-refractivity contribution is 7.99. The Kier molecular flexibility index (Phi) is 5.35. The van der Waals surface area contributed by atoms with Crippen molar-refractivity contribution in [2.45, 2.75) is 17.9 Å². The van der Waals surface area contributed by atoms with Gasteiger partial charge in [0, 0.05) is 29.9 Å². The molecule has 1 fully saturated rings. The van der Waals surface area contributed by atoms with Crippen molar-refractivity contribution in [1.82, 2.24) is 9.97 Å². The second-order valence-electron chi connectivity index (χ2n) is 5.25. The largest absolute Gasteiger partial charge is 0.356 e. The number of nitrogens with one attached hydrogen (secondary N) is 1. The molecule has 0 radical (unpaired) electrons. The van der Waals surface area contributed by atoms with Gasteiger partial charge in [-0.25, -0.2) is 9.97 Å². The Hall–Kier alpha value is -1.79. The van der Waals surface area contributed by atoms with Gasteiger partial charge in [0.1, 0.15) is 17.2 Å². The summed E-state index contributed by atoms with van der Waals surface area (Å²) in [5.74, 6) is 1.18. The van der Waals surface area contributed by atoms with Crippen molar-refractivity contribution in [1.29, 1.82) is 0 Å². The molecule has 0 unspecified atom stereocenters. The Labute approximate surface area is 144 Å². The molecule has 7 heteroatoms. The normalized spacial score (nSPS) is 14.0. The van der Waals surface area contributed by atoms with E-state index in [2.05, 4.69) is 20.2 Å². The van der Waals surface area contributed by atoms with Gasteiger partial charge < -0.3 is 10.2 Å². The lowest BCUT2D eigenvalue weighted by atomic mass is 10.3. The van der Waals surface area contributed by atoms with E-state index in [1.165, 1.54) is 24.6 Å². The lowest BCUT2D eigenvalue weighted by Gasteiger charge is -2.16. The summed E-state index contributed by atoms with van der Waals surface area (Å²) in [6, 6.07) is 9.00. The zero-order chi connectivity index (χ0) is 16.1. The van der Waals surface area contributed by atoms with Crippen LogP contribution in [0.5, 0.6) is 0 Å². The van der Waals surface area contributed by atoms with Crippen molar-refractivity contribution in [3.63, 3.8) is 0 Å². The average molecular weight is 349 g/mol. The number of carbonyl (C=O) groups excluding carboxylic acids is 1. The fourth-order valence-corrected chi connectivity index (χ4v) is 3.19. The standard InChI is InChI=1S/C16H17ClN4OS/c17-12-3-5-13(6-4-12)20-15(22)10-23-16-9-14(18-11-19-16)21-7-1-2-8-21/h3-6,9,11H,1-2,7-8,10H2,(H,20,22). The van der Waals surface area contributed by atoms with Gasteiger partial charge in [-0.3, -0.25) is 4.79 Å². The first-order chi connectivity index (χ1) is 11.2. The summed E-state index contributed by atoms with van der Waals surface area (Å²) in [4.78, 5) is 22.8. The topological polar surface area (TPSA) is 58.1 Å². The Balaban J connectivity index is 1.54. The number of thioether (sulfide) groups is 1. The summed E-state index contributed by atoms with van der Waals surface area (Å²) in [5.41, 5.74) is 0.737. The van der Waals surface area contributed by atoms with Crippen LogP contribution in [0.15, 0.2) is 41.7 Å². The molecule has 1 aliphatic heterocycles. The van der Waals surface area contributed by atoms with Crippen LogP contribution in [0.25, 0.3) is 0 Å². The molecule has 5 nitrogen and oxygen atoms in total. The van der Waals surface area contributed by atoms with Gasteiger partial charge >= 0.3 is 0 Å². The fraction of sp³-hybridized carbons (Fsp3) is 0.312. The van der Waals surface area contributed by atoms with Crippen LogP contribution in [0.1, 0.15) is 12.8 Å². The van der Waals surface area contributed by atoms with Crippen LogP contribution in [0.4, 0.5) is 11.5 Å². The van der Waals surface area contributed by atoms with E-state index in [4.69, 9.17) is 11.6 Å². The Morgan fingerprint density at radius 1 is 1.22 bits per heavy atom. The summed E-state index contributed by atoms with van der Waals surface area (Å²) >= 11 is 7.23. The van der Waals surface area contributed by atoms with Gasteiger partial charge in [0.15, 0.2) is 0 Å². The van der Waals surface area contributed by atoms with Crippen LogP contribution >= 0.6 is 23.4 Å². The van der Waals surface area contributed by atoms with E-state index >= 15 is 0 Å². The van der Waals surface area contributed by atoms with Crippen LogP contribution < -0.4 is 10.2 Å². The summed E-state index contributed by atoms with van der Waals surface area (Å²) in [6.45, 7) is 2.08. The molecule has 1 amide bonds. The first kappa shape index (κ1) is 16.1. The molecule has 1 aromatic heterocycles. The molecule has 1 saturated heterocycles. The molecule has 23 heavy (non-hydrogen) atoms. The van der Waals surface area contributed by atoms with E-state index in [0.717, 1.165) is 29.6 Å². The number of rotatable bonds is 5. The van der Waals surface area contributed by atoms with Crippen molar-refractivity contribution in [3.8, 4) is 0 Å². The lowest BCUT2D eigenvalue weighted by Crippen LogP contribution is -2.19. The second kappa shape index (κ2) is 7.66. The van der Waals surface area contributed by atoms with Crippen molar-refractivity contribution >= 4 is 40.8 Å². The minimum absolute atomic E-state index is 0.0707. The molecule has 2 aromatic rings. The third-order valence-corrected chi connectivity index (χ3v) is 4.71. The summed E-state index contributed by atoms with van der Waals surface area (Å²) < 4.78 is 0. The van der Waals surface area contributed by atoms with Crippen molar-refractivity contribution in [2.24, 2.45) is 0 Å². The number of amides is 1. The molecule has 3 rings (SSSR count). The zero-order valence-electron chi connectivity index (χ0n) is 12.5. The third-order valence-electron chi connectivity index (χ3n) is 3.54. The van der Waals surface area contributed by atoms with E-state index < -0.39 is 0 Å². The summed E-state index contributed by atoms with van der Waals surface area (Å²) in [6.07, 6.45) is 3.97. The van der Waals surface area contributed by atoms with Crippen LogP contribution in [0.2, 0.25) is 5.02 Å². The van der Waals surface area contributed by atoms with E-state index in [1.54, 1.807) is 30.6 Å². The molecule has 0 bridgehead atoms. The fourth-order valence-electron chi connectivity index (χ4n) is 2.40. The van der Waals surface area contributed by atoms with E-state index in [-0.39, 0.29) is 5.91 Å². The predicted molar refractivity (Wildman–Crippen MR) is 94.3 cm³/mol. The van der Waals surface area contributed by atoms with Crippen LogP contribution in [0, 0.1) is 0 Å². The SMILES string of the molecule is O=C(CSc1cc(N2CCCC2)ncn1)Nc1ccc(Cl)cc1. The third kappa shape index (κ3) is 4.59. The van der Waals surface area contributed by atoms with Gasteiger partial charge in [-0.05, 0) is 37.1 Å². The predicted octanol–water partition coefficient (Wildman–Crippen LogP) is 3.46. The quantitative estimate of drug-likeness (QED) is 0.662. The van der Waals surface area contributed by atoms with Crippen molar-refractivity contribution in [3.05, 3.63) is 41.7 Å². The van der Waals surface area contributed by atoms with Gasteiger partial charge in [-0.2, -0.15) is 0 Å². The van der Waals surface area contributed by atoms with E-state index in [0.29, 0.717) is 10.8 Å². The first-order valence-electron chi connectivity index (χ1n) is 7.46. The monoisotopic (exact) mass is 348 g/mol. The molecular formula is C16H17ClN4OS. The smallest absolute Gasteiger partial charge is 0.234 e. The van der Waals surface area contributed by atoms with Gasteiger partial charge in [-0.15, -0.1) is 0 Å². The average Bonchev–Trinajstić information content (AvgIpc) is 3.10.